The van der Waals surface area contributed by atoms with E-state index in [0.717, 1.165) is 37.7 Å². The van der Waals surface area contributed by atoms with Crippen LogP contribution in [0.4, 0.5) is 0 Å². The lowest BCUT2D eigenvalue weighted by Gasteiger charge is -2.30. The Balaban J connectivity index is 2.26. The molecule has 1 aromatic carbocycles. The Labute approximate surface area is 128 Å². The lowest BCUT2D eigenvalue weighted by Crippen LogP contribution is -2.38. The molecule has 0 amide bonds. The molecule has 1 aliphatic carbocycles. The monoisotopic (exact) mass is 310 g/mol. The summed E-state index contributed by atoms with van der Waals surface area (Å²) in [5, 5.41) is 0. The van der Waals surface area contributed by atoms with Crippen LogP contribution in [0.15, 0.2) is 29.2 Å². The van der Waals surface area contributed by atoms with Gasteiger partial charge in [0.15, 0.2) is 0 Å². The van der Waals surface area contributed by atoms with Crippen LogP contribution >= 0.6 is 0 Å². The number of nitrogens with zero attached hydrogens (tertiary/aromatic N) is 1. The van der Waals surface area contributed by atoms with Crippen LogP contribution in [0.25, 0.3) is 0 Å². The summed E-state index contributed by atoms with van der Waals surface area (Å²) in [7, 11) is -1.72. The van der Waals surface area contributed by atoms with Gasteiger partial charge in [0, 0.05) is 19.1 Å². The van der Waals surface area contributed by atoms with Crippen molar-refractivity contribution in [2.24, 2.45) is 5.73 Å². The third-order valence-corrected chi connectivity index (χ3v) is 6.40. The zero-order chi connectivity index (χ0) is 15.5. The van der Waals surface area contributed by atoms with E-state index >= 15 is 0 Å². The standard InChI is InChI=1S/C16H26N2O2S/c1-3-16(17)13-8-7-11-15(12-13)21(19,20)18(2)14-9-5-4-6-10-14/h7-8,11-12,14,16H,3-6,9-10,17H2,1-2H3. The van der Waals surface area contributed by atoms with Crippen LogP contribution in [0.2, 0.25) is 0 Å². The van der Waals surface area contributed by atoms with E-state index in [4.69, 9.17) is 5.73 Å². The Bertz CT molecular complexity index is 565. The highest BCUT2D eigenvalue weighted by Crippen LogP contribution is 2.27. The van der Waals surface area contributed by atoms with Gasteiger partial charge < -0.3 is 5.73 Å². The number of hydrogen-bond donors (Lipinski definition) is 1. The highest BCUT2D eigenvalue weighted by molar-refractivity contribution is 7.89. The van der Waals surface area contributed by atoms with Crippen molar-refractivity contribution < 1.29 is 8.42 Å². The molecule has 0 radical (unpaired) electrons. The maximum atomic E-state index is 12.8. The fraction of sp³-hybridized carbons (Fsp3) is 0.625. The Morgan fingerprint density at radius 3 is 2.57 bits per heavy atom. The second-order valence-electron chi connectivity index (χ2n) is 5.90. The second kappa shape index (κ2) is 6.90. The number of benzene rings is 1. The minimum absolute atomic E-state index is 0.111. The number of hydrogen-bond acceptors (Lipinski definition) is 3. The summed E-state index contributed by atoms with van der Waals surface area (Å²) in [6.45, 7) is 2.00. The van der Waals surface area contributed by atoms with Crippen molar-refractivity contribution in [1.82, 2.24) is 4.31 Å². The van der Waals surface area contributed by atoms with Gasteiger partial charge in [0.2, 0.25) is 10.0 Å². The van der Waals surface area contributed by atoms with Crippen LogP contribution in [0.1, 0.15) is 57.1 Å². The van der Waals surface area contributed by atoms with Gasteiger partial charge in [0.1, 0.15) is 0 Å². The predicted molar refractivity (Wildman–Crippen MR) is 85.5 cm³/mol. The number of rotatable bonds is 5. The summed E-state index contributed by atoms with van der Waals surface area (Å²) in [4.78, 5) is 0.358. The van der Waals surface area contributed by atoms with Crippen LogP contribution in [-0.4, -0.2) is 25.8 Å². The van der Waals surface area contributed by atoms with Gasteiger partial charge in [-0.15, -0.1) is 0 Å². The zero-order valence-corrected chi connectivity index (χ0v) is 13.8. The molecule has 1 atom stereocenters. The van der Waals surface area contributed by atoms with E-state index in [-0.39, 0.29) is 12.1 Å². The molecule has 118 valence electrons. The number of sulfonamides is 1. The van der Waals surface area contributed by atoms with Crippen LogP contribution in [0, 0.1) is 0 Å². The molecule has 0 heterocycles. The molecule has 1 aliphatic rings. The van der Waals surface area contributed by atoms with E-state index in [1.165, 1.54) is 6.42 Å². The SMILES string of the molecule is CCC(N)c1cccc(S(=O)(=O)N(C)C2CCCCC2)c1. The summed E-state index contributed by atoms with van der Waals surface area (Å²) in [5.41, 5.74) is 6.90. The average Bonchev–Trinajstić information content (AvgIpc) is 2.54. The highest BCUT2D eigenvalue weighted by atomic mass is 32.2. The first kappa shape index (κ1) is 16.5. The third kappa shape index (κ3) is 3.65. The van der Waals surface area contributed by atoms with Crippen molar-refractivity contribution in [3.63, 3.8) is 0 Å². The lowest BCUT2D eigenvalue weighted by atomic mass is 9.96. The second-order valence-corrected chi connectivity index (χ2v) is 7.90. The molecule has 1 fully saturated rings. The van der Waals surface area contributed by atoms with Gasteiger partial charge in [-0.3, -0.25) is 0 Å². The van der Waals surface area contributed by atoms with Crippen molar-refractivity contribution >= 4 is 10.0 Å². The zero-order valence-electron chi connectivity index (χ0n) is 13.0. The van der Waals surface area contributed by atoms with Crippen molar-refractivity contribution in [3.8, 4) is 0 Å². The van der Waals surface area contributed by atoms with Crippen molar-refractivity contribution in [2.45, 2.75) is 62.4 Å². The Kier molecular flexibility index (Phi) is 5.41. The quantitative estimate of drug-likeness (QED) is 0.909. The molecule has 1 unspecified atom stereocenters. The molecular formula is C16H26N2O2S. The van der Waals surface area contributed by atoms with Gasteiger partial charge in [-0.25, -0.2) is 8.42 Å². The van der Waals surface area contributed by atoms with Gasteiger partial charge in [-0.2, -0.15) is 4.31 Å². The first-order valence-corrected chi connectivity index (χ1v) is 9.24. The molecule has 0 bridgehead atoms. The predicted octanol–water partition coefficient (Wildman–Crippen LogP) is 3.05. The molecule has 1 aromatic rings. The summed E-state index contributed by atoms with van der Waals surface area (Å²) < 4.78 is 27.1. The van der Waals surface area contributed by atoms with Crippen molar-refractivity contribution in [1.29, 1.82) is 0 Å². The van der Waals surface area contributed by atoms with E-state index in [0.29, 0.717) is 4.90 Å². The molecule has 4 nitrogen and oxygen atoms in total. The van der Waals surface area contributed by atoms with Gasteiger partial charge in [0.25, 0.3) is 0 Å². The fourth-order valence-corrected chi connectivity index (χ4v) is 4.42. The normalized spacial score (nSPS) is 18.9. The van der Waals surface area contributed by atoms with Gasteiger partial charge >= 0.3 is 0 Å². The van der Waals surface area contributed by atoms with Crippen molar-refractivity contribution in [2.75, 3.05) is 7.05 Å². The first-order chi connectivity index (χ1) is 9.96. The van der Waals surface area contributed by atoms with E-state index in [2.05, 4.69) is 0 Å². The van der Waals surface area contributed by atoms with Crippen LogP contribution < -0.4 is 5.73 Å². The third-order valence-electron chi connectivity index (χ3n) is 4.49. The fourth-order valence-electron chi connectivity index (χ4n) is 2.95. The first-order valence-electron chi connectivity index (χ1n) is 7.80. The smallest absolute Gasteiger partial charge is 0.243 e. The minimum Gasteiger partial charge on any atom is -0.324 e. The number of nitrogens with two attached hydrogens (primary N) is 1. The largest absolute Gasteiger partial charge is 0.324 e. The van der Waals surface area contributed by atoms with Gasteiger partial charge in [0.05, 0.1) is 4.90 Å². The van der Waals surface area contributed by atoms with E-state index in [1.54, 1.807) is 29.6 Å². The van der Waals surface area contributed by atoms with Crippen LogP contribution in [-0.2, 0) is 10.0 Å². The molecule has 0 saturated heterocycles. The average molecular weight is 310 g/mol. The minimum atomic E-state index is -3.43. The summed E-state index contributed by atoms with van der Waals surface area (Å²) >= 11 is 0. The van der Waals surface area contributed by atoms with E-state index < -0.39 is 10.0 Å². The van der Waals surface area contributed by atoms with Crippen LogP contribution in [0.3, 0.4) is 0 Å². The molecular weight excluding hydrogens is 284 g/mol. The Morgan fingerprint density at radius 2 is 1.95 bits per heavy atom. The summed E-state index contributed by atoms with van der Waals surface area (Å²) in [6, 6.07) is 7.09. The highest BCUT2D eigenvalue weighted by Gasteiger charge is 2.29. The molecule has 0 aromatic heterocycles. The molecule has 21 heavy (non-hydrogen) atoms. The van der Waals surface area contributed by atoms with E-state index in [1.807, 2.05) is 13.0 Å². The van der Waals surface area contributed by atoms with Gasteiger partial charge in [-0.1, -0.05) is 38.3 Å². The van der Waals surface area contributed by atoms with Gasteiger partial charge in [-0.05, 0) is 37.0 Å². The lowest BCUT2D eigenvalue weighted by molar-refractivity contribution is 0.286. The molecule has 5 heteroatoms. The van der Waals surface area contributed by atoms with Crippen molar-refractivity contribution in [3.05, 3.63) is 29.8 Å². The molecule has 2 N–H and O–H groups in total. The maximum Gasteiger partial charge on any atom is 0.243 e. The van der Waals surface area contributed by atoms with Crippen LogP contribution in [0.5, 0.6) is 0 Å². The molecule has 1 saturated carbocycles. The molecule has 0 spiro atoms. The molecule has 0 aliphatic heterocycles. The topological polar surface area (TPSA) is 63.4 Å². The maximum absolute atomic E-state index is 12.8. The van der Waals surface area contributed by atoms with E-state index in [9.17, 15) is 8.42 Å². The summed E-state index contributed by atoms with van der Waals surface area (Å²) in [6.07, 6.45) is 6.16. The Hall–Kier alpha value is -0.910. The summed E-state index contributed by atoms with van der Waals surface area (Å²) in [5.74, 6) is 0. The molecule has 2 rings (SSSR count). The Morgan fingerprint density at radius 1 is 1.29 bits per heavy atom.